The maximum Gasteiger partial charge on any atom is 0.434 e. The summed E-state index contributed by atoms with van der Waals surface area (Å²) < 4.78 is 36.9. The molecule has 0 bridgehead atoms. The van der Waals surface area contributed by atoms with Gasteiger partial charge in [0, 0.05) is 18.3 Å². The van der Waals surface area contributed by atoms with E-state index in [-0.39, 0.29) is 19.0 Å². The predicted octanol–water partition coefficient (Wildman–Crippen LogP) is 2.44. The van der Waals surface area contributed by atoms with E-state index in [9.17, 15) is 13.2 Å². The molecule has 0 aliphatic heterocycles. The Labute approximate surface area is 113 Å². The maximum atomic E-state index is 12.3. The van der Waals surface area contributed by atoms with Crippen molar-refractivity contribution in [1.29, 1.82) is 0 Å². The molecule has 0 fully saturated rings. The molecule has 2 rings (SSSR count). The molecule has 0 radical (unpaired) electrons. The second kappa shape index (κ2) is 5.94. The van der Waals surface area contributed by atoms with E-state index < -0.39 is 11.9 Å². The summed E-state index contributed by atoms with van der Waals surface area (Å²) in [5.41, 5.74) is 6.03. The molecule has 0 saturated heterocycles. The van der Waals surface area contributed by atoms with Crippen LogP contribution >= 0.6 is 12.4 Å². The van der Waals surface area contributed by atoms with Crippen molar-refractivity contribution in [2.45, 2.75) is 12.7 Å². The van der Waals surface area contributed by atoms with Gasteiger partial charge in [0.05, 0.1) is 23.8 Å². The fourth-order valence-electron chi connectivity index (χ4n) is 1.37. The summed E-state index contributed by atoms with van der Waals surface area (Å²) in [6, 6.07) is 3.30. The highest BCUT2D eigenvalue weighted by molar-refractivity contribution is 5.85. The molecule has 19 heavy (non-hydrogen) atoms. The van der Waals surface area contributed by atoms with Gasteiger partial charge in [-0.25, -0.2) is 4.98 Å². The first-order valence-electron chi connectivity index (χ1n) is 5.05. The predicted molar refractivity (Wildman–Crippen MR) is 65.4 cm³/mol. The first-order valence-corrected chi connectivity index (χ1v) is 5.05. The van der Waals surface area contributed by atoms with Crippen LogP contribution in [0.3, 0.4) is 0 Å². The third kappa shape index (κ3) is 3.62. The zero-order chi connectivity index (χ0) is 13.2. The molecule has 2 heterocycles. The molecular weight excluding hydrogens is 281 g/mol. The highest BCUT2D eigenvalue weighted by Crippen LogP contribution is 2.27. The Hall–Kier alpha value is -1.73. The standard InChI is InChI=1S/C11H9F3N4.ClH/c12-11(13,14)10-6-17-9(5-18-10)7-1-2-16-8(3-7)4-15;/h1-3,5-6H,4,15H2;1H. The molecule has 0 aliphatic carbocycles. The first-order chi connectivity index (χ1) is 8.50. The molecule has 0 unspecified atom stereocenters. The number of halogens is 4. The zero-order valence-electron chi connectivity index (χ0n) is 9.55. The van der Waals surface area contributed by atoms with Crippen molar-refractivity contribution in [1.82, 2.24) is 15.0 Å². The van der Waals surface area contributed by atoms with Crippen molar-refractivity contribution in [3.63, 3.8) is 0 Å². The van der Waals surface area contributed by atoms with E-state index in [4.69, 9.17) is 5.73 Å². The van der Waals surface area contributed by atoms with Gasteiger partial charge in [0.15, 0.2) is 5.69 Å². The lowest BCUT2D eigenvalue weighted by molar-refractivity contribution is -0.141. The highest BCUT2D eigenvalue weighted by atomic mass is 35.5. The van der Waals surface area contributed by atoms with Gasteiger partial charge in [-0.3, -0.25) is 9.97 Å². The van der Waals surface area contributed by atoms with Gasteiger partial charge >= 0.3 is 6.18 Å². The maximum absolute atomic E-state index is 12.3. The lowest BCUT2D eigenvalue weighted by Crippen LogP contribution is -2.08. The van der Waals surface area contributed by atoms with Crippen LogP contribution in [0.4, 0.5) is 13.2 Å². The number of hydrogen-bond donors (Lipinski definition) is 1. The van der Waals surface area contributed by atoms with Gasteiger partial charge in [-0.2, -0.15) is 13.2 Å². The van der Waals surface area contributed by atoms with Crippen LogP contribution in [-0.2, 0) is 12.7 Å². The molecule has 0 saturated carbocycles. The van der Waals surface area contributed by atoms with Gasteiger partial charge in [-0.15, -0.1) is 12.4 Å². The average Bonchev–Trinajstić information content (AvgIpc) is 2.38. The van der Waals surface area contributed by atoms with Crippen molar-refractivity contribution in [2.75, 3.05) is 0 Å². The minimum atomic E-state index is -4.48. The minimum absolute atomic E-state index is 0. The summed E-state index contributed by atoms with van der Waals surface area (Å²) in [5, 5.41) is 0. The van der Waals surface area contributed by atoms with E-state index in [0.717, 1.165) is 6.20 Å². The Bertz CT molecular complexity index is 542. The summed E-state index contributed by atoms with van der Waals surface area (Å²) in [6.07, 6.45) is -1.17. The molecule has 0 aromatic carbocycles. The largest absolute Gasteiger partial charge is 0.434 e. The molecule has 2 aromatic rings. The van der Waals surface area contributed by atoms with Gasteiger partial charge in [0.1, 0.15) is 0 Å². The smallest absolute Gasteiger partial charge is 0.325 e. The molecule has 102 valence electrons. The molecule has 4 nitrogen and oxygen atoms in total. The van der Waals surface area contributed by atoms with Crippen molar-refractivity contribution in [3.05, 3.63) is 42.1 Å². The van der Waals surface area contributed by atoms with Gasteiger partial charge in [0.25, 0.3) is 0 Å². The third-order valence-electron chi connectivity index (χ3n) is 2.26. The third-order valence-corrected chi connectivity index (χ3v) is 2.26. The van der Waals surface area contributed by atoms with Crippen LogP contribution in [0.2, 0.25) is 0 Å². The van der Waals surface area contributed by atoms with Crippen LogP contribution in [0.15, 0.2) is 30.7 Å². The SMILES string of the molecule is Cl.NCc1cc(-c2cnc(C(F)(F)F)cn2)ccn1. The van der Waals surface area contributed by atoms with Crippen LogP contribution in [0.5, 0.6) is 0 Å². The van der Waals surface area contributed by atoms with E-state index in [1.54, 1.807) is 12.1 Å². The number of aromatic nitrogens is 3. The summed E-state index contributed by atoms with van der Waals surface area (Å²) >= 11 is 0. The van der Waals surface area contributed by atoms with E-state index in [1.165, 1.54) is 6.20 Å². The summed E-state index contributed by atoms with van der Waals surface area (Å²) in [7, 11) is 0. The molecule has 2 aromatic heterocycles. The Morgan fingerprint density at radius 1 is 1.11 bits per heavy atom. The number of hydrogen-bond acceptors (Lipinski definition) is 4. The fourth-order valence-corrected chi connectivity index (χ4v) is 1.37. The molecular formula is C11H10ClF3N4. The van der Waals surface area contributed by atoms with Gasteiger partial charge in [-0.05, 0) is 12.1 Å². The van der Waals surface area contributed by atoms with Crippen molar-refractivity contribution < 1.29 is 13.2 Å². The lowest BCUT2D eigenvalue weighted by Gasteiger charge is -2.06. The van der Waals surface area contributed by atoms with Crippen LogP contribution < -0.4 is 5.73 Å². The van der Waals surface area contributed by atoms with Crippen molar-refractivity contribution in [3.8, 4) is 11.3 Å². The normalized spacial score (nSPS) is 10.9. The number of rotatable bonds is 2. The number of pyridine rings is 1. The van der Waals surface area contributed by atoms with Gasteiger partial charge in [-0.1, -0.05) is 0 Å². The minimum Gasteiger partial charge on any atom is -0.325 e. The number of nitrogens with zero attached hydrogens (tertiary/aromatic N) is 3. The zero-order valence-corrected chi connectivity index (χ0v) is 10.4. The van der Waals surface area contributed by atoms with Crippen LogP contribution in [-0.4, -0.2) is 15.0 Å². The number of nitrogens with two attached hydrogens (primary N) is 1. The van der Waals surface area contributed by atoms with Crippen LogP contribution in [0, 0.1) is 0 Å². The van der Waals surface area contributed by atoms with Crippen molar-refractivity contribution >= 4 is 12.4 Å². The summed E-state index contributed by atoms with van der Waals surface area (Å²) in [5.74, 6) is 0. The molecule has 2 N–H and O–H groups in total. The average molecular weight is 291 g/mol. The van der Waals surface area contributed by atoms with Crippen molar-refractivity contribution in [2.24, 2.45) is 5.73 Å². The van der Waals surface area contributed by atoms with E-state index >= 15 is 0 Å². The monoisotopic (exact) mass is 290 g/mol. The summed E-state index contributed by atoms with van der Waals surface area (Å²) in [6.45, 7) is 0.252. The van der Waals surface area contributed by atoms with Crippen LogP contribution in [0.1, 0.15) is 11.4 Å². The molecule has 0 aliphatic rings. The van der Waals surface area contributed by atoms with E-state index in [1.807, 2.05) is 0 Å². The summed E-state index contributed by atoms with van der Waals surface area (Å²) in [4.78, 5) is 11.1. The van der Waals surface area contributed by atoms with Gasteiger partial charge < -0.3 is 5.73 Å². The van der Waals surface area contributed by atoms with E-state index in [2.05, 4.69) is 15.0 Å². The lowest BCUT2D eigenvalue weighted by atomic mass is 10.1. The molecule has 0 amide bonds. The highest BCUT2D eigenvalue weighted by Gasteiger charge is 2.32. The quantitative estimate of drug-likeness (QED) is 0.922. The Morgan fingerprint density at radius 3 is 2.37 bits per heavy atom. The fraction of sp³-hybridized carbons (Fsp3) is 0.182. The number of alkyl halides is 3. The van der Waals surface area contributed by atoms with E-state index in [0.29, 0.717) is 23.1 Å². The molecule has 8 heteroatoms. The molecule has 0 atom stereocenters. The second-order valence-electron chi connectivity index (χ2n) is 3.52. The Balaban J connectivity index is 0.00000180. The first kappa shape index (κ1) is 15.3. The Morgan fingerprint density at radius 2 is 1.84 bits per heavy atom. The second-order valence-corrected chi connectivity index (χ2v) is 3.52. The Kier molecular flexibility index (Phi) is 4.79. The van der Waals surface area contributed by atoms with Gasteiger partial charge in [0.2, 0.25) is 0 Å². The molecule has 0 spiro atoms. The topological polar surface area (TPSA) is 64.7 Å². The van der Waals surface area contributed by atoms with Crippen LogP contribution in [0.25, 0.3) is 11.3 Å².